The second-order valence-electron chi connectivity index (χ2n) is 5.27. The van der Waals surface area contributed by atoms with Crippen molar-refractivity contribution < 1.29 is 51.4 Å². The molecule has 1 aliphatic rings. The number of nitrogens with one attached hydrogen (secondary N) is 1. The molecule has 0 heterocycles. The van der Waals surface area contributed by atoms with E-state index in [1.54, 1.807) is 0 Å². The third-order valence-corrected chi connectivity index (χ3v) is 4.14. The van der Waals surface area contributed by atoms with E-state index in [1.165, 1.54) is 51.6 Å². The first-order chi connectivity index (χ1) is 8.26. The molecule has 0 aromatic heterocycles. The van der Waals surface area contributed by atoms with Crippen LogP contribution in [0.15, 0.2) is 0 Å². The van der Waals surface area contributed by atoms with E-state index in [0.29, 0.717) is 5.41 Å². The van der Waals surface area contributed by atoms with Crippen molar-refractivity contribution in [3.63, 3.8) is 0 Å². The predicted octanol–water partition coefficient (Wildman–Crippen LogP) is 1.83. The Bertz CT molecular complexity index is 164. The normalized spacial score (nSPS) is 25.5. The summed E-state index contributed by atoms with van der Waals surface area (Å²) >= 11 is 0. The van der Waals surface area contributed by atoms with Crippen molar-refractivity contribution in [2.75, 3.05) is 13.1 Å². The van der Waals surface area contributed by atoms with Crippen molar-refractivity contribution in [1.29, 1.82) is 0 Å². The van der Waals surface area contributed by atoms with E-state index < -0.39 is 0 Å². The van der Waals surface area contributed by atoms with Gasteiger partial charge in [0.05, 0.1) is 0 Å². The van der Waals surface area contributed by atoms with Crippen LogP contribution in [-0.2, 0) is 0 Å². The molecule has 0 aliphatic heterocycles. The quantitative estimate of drug-likeness (QED) is 0.406. The average molecular weight is 280 g/mol. The largest absolute Gasteiger partial charge is 1.00 e. The molecule has 0 saturated heterocycles. The molecule has 18 heavy (non-hydrogen) atoms. The second kappa shape index (κ2) is 13.6. The van der Waals surface area contributed by atoms with Gasteiger partial charge in [0.2, 0.25) is 0 Å². The van der Waals surface area contributed by atoms with Gasteiger partial charge in [0, 0.05) is 0 Å². The number of rotatable bonds is 8. The molecule has 0 bridgehead atoms. The van der Waals surface area contributed by atoms with Gasteiger partial charge in [-0.2, -0.15) is 6.42 Å². The van der Waals surface area contributed by atoms with Crippen LogP contribution in [0, 0.1) is 18.3 Å². The summed E-state index contributed by atoms with van der Waals surface area (Å²) in [4.78, 5) is 0. The fourth-order valence-corrected chi connectivity index (χ4v) is 2.82. The van der Waals surface area contributed by atoms with E-state index >= 15 is 0 Å². The maximum absolute atomic E-state index is 4.01. The zero-order chi connectivity index (χ0) is 13.1. The topological polar surface area (TPSA) is 12.0 Å². The Hall–Kier alpha value is 1.60. The van der Waals surface area contributed by atoms with Gasteiger partial charge in [0.1, 0.15) is 0 Å². The molecule has 0 aromatic rings. The van der Waals surface area contributed by atoms with Gasteiger partial charge in [-0.1, -0.05) is 46.5 Å². The van der Waals surface area contributed by atoms with Crippen LogP contribution >= 0.6 is 0 Å². The fraction of sp³-hybridized carbons (Fsp3) is 0.938. The van der Waals surface area contributed by atoms with E-state index in [0.717, 1.165) is 12.3 Å². The molecule has 2 heteroatoms. The molecule has 1 rings (SSSR count). The first kappa shape index (κ1) is 21.9. The van der Waals surface area contributed by atoms with Crippen LogP contribution in [0.5, 0.6) is 0 Å². The van der Waals surface area contributed by atoms with Crippen LogP contribution in [-0.4, -0.2) is 13.1 Å². The monoisotopic (exact) mass is 279 g/mol. The zero-order valence-electron chi connectivity index (χ0n) is 13.6. The summed E-state index contributed by atoms with van der Waals surface area (Å²) in [7, 11) is 0. The van der Waals surface area contributed by atoms with E-state index in [-0.39, 0.29) is 51.4 Å². The number of hydrogen-bond acceptors (Lipinski definition) is 1. The third-order valence-electron chi connectivity index (χ3n) is 4.14. The Morgan fingerprint density at radius 3 is 2.22 bits per heavy atom. The van der Waals surface area contributed by atoms with Gasteiger partial charge in [-0.05, 0) is 44.2 Å². The molecular weight excluding hydrogens is 245 g/mol. The minimum Gasteiger partial charge on any atom is -0.343 e. The number of hydrogen-bond donors (Lipinski definition) is 1. The van der Waals surface area contributed by atoms with E-state index in [4.69, 9.17) is 0 Å². The third kappa shape index (κ3) is 8.01. The zero-order valence-corrected chi connectivity index (χ0v) is 16.8. The summed E-state index contributed by atoms with van der Waals surface area (Å²) in [5.74, 6) is 0.931. The van der Waals surface area contributed by atoms with Gasteiger partial charge >= 0.3 is 51.4 Å². The Morgan fingerprint density at radius 2 is 1.78 bits per heavy atom. The Balaban J connectivity index is 0. The second-order valence-corrected chi connectivity index (χ2v) is 5.27. The summed E-state index contributed by atoms with van der Waals surface area (Å²) in [6, 6.07) is 0. The molecule has 1 nitrogen and oxygen atoms in total. The Kier molecular flexibility index (Phi) is 16.5. The Labute approximate surface area is 159 Å². The van der Waals surface area contributed by atoms with Gasteiger partial charge in [0.15, 0.2) is 0 Å². The van der Waals surface area contributed by atoms with E-state index in [1.807, 2.05) is 13.8 Å². The van der Waals surface area contributed by atoms with Crippen molar-refractivity contribution in [1.82, 2.24) is 5.32 Å². The van der Waals surface area contributed by atoms with Gasteiger partial charge in [0.25, 0.3) is 0 Å². The first-order valence-corrected chi connectivity index (χ1v) is 7.76. The van der Waals surface area contributed by atoms with Crippen molar-refractivity contribution in [2.45, 2.75) is 72.6 Å². The number of unbranched alkanes of at least 4 members (excludes halogenated alkanes) is 1. The van der Waals surface area contributed by atoms with Gasteiger partial charge in [-0.25, -0.2) is 0 Å². The van der Waals surface area contributed by atoms with E-state index in [2.05, 4.69) is 26.1 Å². The molecule has 1 N–H and O–H groups in total. The molecule has 1 aliphatic carbocycles. The summed E-state index contributed by atoms with van der Waals surface area (Å²) < 4.78 is 0. The van der Waals surface area contributed by atoms with Crippen molar-refractivity contribution in [3.05, 3.63) is 6.92 Å². The summed E-state index contributed by atoms with van der Waals surface area (Å²) in [5.41, 5.74) is 0.682. The summed E-state index contributed by atoms with van der Waals surface area (Å²) in [6.07, 6.45) is 9.37. The standard InChI is InChI=1S/C14H28N.C2H6.K/c1-4-7-9-15-10-8-14(6-3)11-13(5-2)12-14;1-2;/h13,15H,2,4-12H2,1,3H3;1-2H3;/q-1;;+1. The molecule has 0 unspecified atom stereocenters. The van der Waals surface area contributed by atoms with Crippen LogP contribution < -0.4 is 56.7 Å². The average Bonchev–Trinajstić information content (AvgIpc) is 2.34. The minimum atomic E-state index is 0. The molecular formula is C16H34KN. The van der Waals surface area contributed by atoms with Crippen LogP contribution in [0.2, 0.25) is 0 Å². The maximum atomic E-state index is 4.01. The SMILES string of the molecule is CC.[CH2-]CC1CC(CC)(CCNCCCC)C1.[K+]. The van der Waals surface area contributed by atoms with E-state index in [9.17, 15) is 0 Å². The van der Waals surface area contributed by atoms with Crippen molar-refractivity contribution in [3.8, 4) is 0 Å². The predicted molar refractivity (Wildman–Crippen MR) is 79.2 cm³/mol. The van der Waals surface area contributed by atoms with Crippen LogP contribution in [0.4, 0.5) is 0 Å². The molecule has 0 amide bonds. The van der Waals surface area contributed by atoms with Gasteiger partial charge in [-0.15, -0.1) is 0 Å². The molecule has 0 atom stereocenters. The molecule has 0 spiro atoms. The fourth-order valence-electron chi connectivity index (χ4n) is 2.82. The maximum Gasteiger partial charge on any atom is 1.00 e. The first-order valence-electron chi connectivity index (χ1n) is 7.76. The van der Waals surface area contributed by atoms with Crippen molar-refractivity contribution >= 4 is 0 Å². The van der Waals surface area contributed by atoms with Crippen LogP contribution in [0.25, 0.3) is 0 Å². The van der Waals surface area contributed by atoms with Crippen molar-refractivity contribution in [2.24, 2.45) is 11.3 Å². The molecule has 0 aromatic carbocycles. The van der Waals surface area contributed by atoms with Gasteiger partial charge in [-0.3, -0.25) is 0 Å². The molecule has 1 saturated carbocycles. The Morgan fingerprint density at radius 1 is 1.17 bits per heavy atom. The smallest absolute Gasteiger partial charge is 0.343 e. The van der Waals surface area contributed by atoms with Gasteiger partial charge < -0.3 is 12.2 Å². The molecule has 104 valence electrons. The minimum absolute atomic E-state index is 0. The summed E-state index contributed by atoms with van der Waals surface area (Å²) in [5, 5.41) is 3.56. The summed E-state index contributed by atoms with van der Waals surface area (Å²) in [6.45, 7) is 15.0. The molecule has 1 fully saturated rings. The molecule has 0 radical (unpaired) electrons. The van der Waals surface area contributed by atoms with Crippen LogP contribution in [0.3, 0.4) is 0 Å². The van der Waals surface area contributed by atoms with Crippen LogP contribution in [0.1, 0.15) is 72.6 Å².